The first kappa shape index (κ1) is 12.8. The summed E-state index contributed by atoms with van der Waals surface area (Å²) < 4.78 is 2.06. The minimum atomic E-state index is -0.299. The number of hydrogen-bond donors (Lipinski definition) is 1. The molecule has 1 N–H and O–H groups in total. The van der Waals surface area contributed by atoms with Crippen molar-refractivity contribution in [2.24, 2.45) is 4.99 Å². The molecule has 0 aliphatic carbocycles. The zero-order valence-electron chi connectivity index (χ0n) is 10.7. The van der Waals surface area contributed by atoms with E-state index in [0.717, 1.165) is 13.0 Å². The molecule has 20 heavy (non-hydrogen) atoms. The summed E-state index contributed by atoms with van der Waals surface area (Å²) in [4.78, 5) is 29.0. The molecule has 2 heterocycles. The van der Waals surface area contributed by atoms with Crippen molar-refractivity contribution in [3.05, 3.63) is 50.0 Å². The van der Waals surface area contributed by atoms with Gasteiger partial charge >= 0.3 is 0 Å². The van der Waals surface area contributed by atoms with Crippen LogP contribution in [0.15, 0.2) is 40.1 Å². The van der Waals surface area contributed by atoms with E-state index in [1.807, 2.05) is 18.2 Å². The number of hydrogen-bond acceptors (Lipinski definition) is 4. The molecule has 102 valence electrons. The van der Waals surface area contributed by atoms with Crippen LogP contribution in [0.5, 0.6) is 0 Å². The topological polar surface area (TPSA) is 63.5 Å². The van der Waals surface area contributed by atoms with Crippen molar-refractivity contribution < 1.29 is 4.79 Å². The van der Waals surface area contributed by atoms with Crippen LogP contribution in [0, 0.1) is 0 Å². The SMILES string of the molecule is O=C(C=c1sc2n(c1=O)CCCN=2)Nc1ccccc1. The van der Waals surface area contributed by atoms with E-state index < -0.39 is 0 Å². The maximum atomic E-state index is 12.1. The minimum absolute atomic E-state index is 0.128. The van der Waals surface area contributed by atoms with Crippen LogP contribution in [0.3, 0.4) is 0 Å². The van der Waals surface area contributed by atoms with Gasteiger partial charge in [-0.15, -0.1) is 0 Å². The van der Waals surface area contributed by atoms with Crippen molar-refractivity contribution >= 4 is 29.0 Å². The van der Waals surface area contributed by atoms with Crippen molar-refractivity contribution in [2.75, 3.05) is 11.9 Å². The summed E-state index contributed by atoms with van der Waals surface area (Å²) in [5.41, 5.74) is 0.580. The van der Waals surface area contributed by atoms with Crippen molar-refractivity contribution in [3.8, 4) is 0 Å². The fourth-order valence-corrected chi connectivity index (χ4v) is 3.05. The summed E-state index contributed by atoms with van der Waals surface area (Å²) in [5.74, 6) is -0.299. The van der Waals surface area contributed by atoms with Crippen molar-refractivity contribution in [1.82, 2.24) is 4.57 Å². The Morgan fingerprint density at radius 1 is 1.35 bits per heavy atom. The Bertz CT molecular complexity index is 805. The molecule has 1 aromatic heterocycles. The number of carbonyl (C=O) groups excluding carboxylic acids is 1. The first-order valence-corrected chi connectivity index (χ1v) is 7.17. The van der Waals surface area contributed by atoms with Crippen molar-refractivity contribution in [2.45, 2.75) is 13.0 Å². The van der Waals surface area contributed by atoms with Gasteiger partial charge in [0.1, 0.15) is 4.53 Å². The Hall–Kier alpha value is -2.21. The second-order valence-electron chi connectivity index (χ2n) is 4.44. The molecule has 0 saturated carbocycles. The van der Waals surface area contributed by atoms with Gasteiger partial charge < -0.3 is 5.32 Å². The van der Waals surface area contributed by atoms with Crippen LogP contribution in [-0.2, 0) is 11.3 Å². The molecule has 1 aliphatic rings. The number of anilines is 1. The lowest BCUT2D eigenvalue weighted by atomic mass is 10.3. The van der Waals surface area contributed by atoms with E-state index in [2.05, 4.69) is 10.3 Å². The van der Waals surface area contributed by atoms with Crippen LogP contribution in [0.25, 0.3) is 6.08 Å². The Labute approximate surface area is 118 Å². The highest BCUT2D eigenvalue weighted by molar-refractivity contribution is 7.07. The molecule has 5 nitrogen and oxygen atoms in total. The number of rotatable bonds is 2. The molecule has 1 aliphatic heterocycles. The first-order valence-electron chi connectivity index (χ1n) is 6.36. The minimum Gasteiger partial charge on any atom is -0.322 e. The number of nitrogens with one attached hydrogen (secondary N) is 1. The summed E-state index contributed by atoms with van der Waals surface area (Å²) in [7, 11) is 0. The van der Waals surface area contributed by atoms with E-state index in [9.17, 15) is 9.59 Å². The Kier molecular flexibility index (Phi) is 3.47. The van der Waals surface area contributed by atoms with Gasteiger partial charge in [-0.3, -0.25) is 19.1 Å². The molecule has 1 aromatic carbocycles. The largest absolute Gasteiger partial charge is 0.322 e. The summed E-state index contributed by atoms with van der Waals surface area (Å²) in [6.07, 6.45) is 2.22. The fourth-order valence-electron chi connectivity index (χ4n) is 2.05. The van der Waals surface area contributed by atoms with Crippen LogP contribution in [0.2, 0.25) is 0 Å². The summed E-state index contributed by atoms with van der Waals surface area (Å²) in [6.45, 7) is 1.43. The van der Waals surface area contributed by atoms with Crippen LogP contribution in [-0.4, -0.2) is 17.0 Å². The lowest BCUT2D eigenvalue weighted by Gasteiger charge is -2.03. The molecule has 2 aromatic rings. The molecule has 1 amide bonds. The van der Waals surface area contributed by atoms with E-state index in [1.165, 1.54) is 17.4 Å². The van der Waals surface area contributed by atoms with Gasteiger partial charge in [-0.2, -0.15) is 0 Å². The van der Waals surface area contributed by atoms with Gasteiger partial charge in [-0.25, -0.2) is 0 Å². The summed E-state index contributed by atoms with van der Waals surface area (Å²) >= 11 is 1.27. The van der Waals surface area contributed by atoms with E-state index in [4.69, 9.17) is 0 Å². The highest BCUT2D eigenvalue weighted by Gasteiger charge is 2.09. The molecule has 0 atom stereocenters. The van der Waals surface area contributed by atoms with Gasteiger partial charge in [-0.05, 0) is 18.6 Å². The molecular formula is C14H13N3O2S. The third kappa shape index (κ3) is 2.55. The number of nitrogens with zero attached hydrogens (tertiary/aromatic N) is 2. The van der Waals surface area contributed by atoms with Crippen LogP contribution >= 0.6 is 11.3 Å². The van der Waals surface area contributed by atoms with E-state index in [1.54, 1.807) is 16.7 Å². The third-order valence-electron chi connectivity index (χ3n) is 2.98. The molecule has 0 radical (unpaired) electrons. The average Bonchev–Trinajstić information content (AvgIpc) is 2.77. The molecule has 3 rings (SSSR count). The molecule has 0 unspecified atom stereocenters. The standard InChI is InChI=1S/C14H13N3O2S/c18-12(16-10-5-2-1-3-6-10)9-11-13(19)17-8-4-7-15-14(17)20-11/h1-3,5-6,9H,4,7-8H2,(H,16,18). The monoisotopic (exact) mass is 287 g/mol. The van der Waals surface area contributed by atoms with Gasteiger partial charge in [0.15, 0.2) is 4.80 Å². The zero-order chi connectivity index (χ0) is 13.9. The molecule has 0 saturated heterocycles. The third-order valence-corrected chi connectivity index (χ3v) is 4.02. The number of fused-ring (bicyclic) bond motifs is 1. The lowest BCUT2D eigenvalue weighted by Crippen LogP contribution is -2.34. The molecule has 0 spiro atoms. The number of amides is 1. The van der Waals surface area contributed by atoms with Gasteiger partial charge in [0.2, 0.25) is 5.91 Å². The van der Waals surface area contributed by atoms with E-state index in [-0.39, 0.29) is 11.5 Å². The zero-order valence-corrected chi connectivity index (χ0v) is 11.5. The Morgan fingerprint density at radius 2 is 2.15 bits per heavy atom. The predicted octanol–water partition coefficient (Wildman–Crippen LogP) is 0.352. The molecular weight excluding hydrogens is 274 g/mol. The van der Waals surface area contributed by atoms with Crippen molar-refractivity contribution in [3.63, 3.8) is 0 Å². The number of para-hydroxylation sites is 1. The molecule has 0 bridgehead atoms. The average molecular weight is 287 g/mol. The van der Waals surface area contributed by atoms with Gasteiger partial charge in [-0.1, -0.05) is 29.5 Å². The smallest absolute Gasteiger partial charge is 0.270 e. The Balaban J connectivity index is 1.92. The normalized spacial score (nSPS) is 14.5. The second-order valence-corrected chi connectivity index (χ2v) is 5.45. The maximum absolute atomic E-state index is 12.1. The predicted molar refractivity (Wildman–Crippen MR) is 78.4 cm³/mol. The van der Waals surface area contributed by atoms with E-state index >= 15 is 0 Å². The maximum Gasteiger partial charge on any atom is 0.270 e. The lowest BCUT2D eigenvalue weighted by molar-refractivity contribution is -0.110. The van der Waals surface area contributed by atoms with Crippen LogP contribution in [0.4, 0.5) is 5.69 Å². The van der Waals surface area contributed by atoms with Crippen LogP contribution < -0.4 is 20.2 Å². The number of carbonyl (C=O) groups is 1. The molecule has 0 fully saturated rings. The highest BCUT2D eigenvalue weighted by Crippen LogP contribution is 2.04. The van der Waals surface area contributed by atoms with Gasteiger partial charge in [0, 0.05) is 24.9 Å². The molecule has 6 heteroatoms. The van der Waals surface area contributed by atoms with Gasteiger partial charge in [0.25, 0.3) is 5.56 Å². The van der Waals surface area contributed by atoms with E-state index in [0.29, 0.717) is 21.6 Å². The highest BCUT2D eigenvalue weighted by atomic mass is 32.1. The van der Waals surface area contributed by atoms with Crippen molar-refractivity contribution in [1.29, 1.82) is 0 Å². The number of thiazole rings is 1. The fraction of sp³-hybridized carbons (Fsp3) is 0.214. The number of aromatic nitrogens is 1. The summed E-state index contributed by atoms with van der Waals surface area (Å²) in [5, 5.41) is 2.73. The summed E-state index contributed by atoms with van der Waals surface area (Å²) in [6, 6.07) is 9.15. The Morgan fingerprint density at radius 3 is 2.90 bits per heavy atom. The second kappa shape index (κ2) is 5.42. The van der Waals surface area contributed by atoms with Gasteiger partial charge in [0.05, 0.1) is 0 Å². The van der Waals surface area contributed by atoms with Crippen LogP contribution in [0.1, 0.15) is 6.42 Å². The first-order chi connectivity index (χ1) is 9.74. The quantitative estimate of drug-likeness (QED) is 0.866. The number of benzene rings is 1.